The largest absolute Gasteiger partial charge is 0.355 e. The fourth-order valence-corrected chi connectivity index (χ4v) is 2.79. The number of nitrogens with zero attached hydrogens (tertiary/aromatic N) is 2. The van der Waals surface area contributed by atoms with E-state index in [0.29, 0.717) is 0 Å². The SMILES string of the molecule is CN(Cc1cccs1)c1cccc(CNC2CC2)n1. The van der Waals surface area contributed by atoms with Gasteiger partial charge in [0.1, 0.15) is 5.82 Å². The molecule has 0 aromatic carbocycles. The Morgan fingerprint density at radius 2 is 2.21 bits per heavy atom. The van der Waals surface area contributed by atoms with Crippen LogP contribution in [0.15, 0.2) is 35.7 Å². The Morgan fingerprint density at radius 1 is 1.32 bits per heavy atom. The molecule has 1 fully saturated rings. The molecule has 3 rings (SSSR count). The van der Waals surface area contributed by atoms with Gasteiger partial charge < -0.3 is 10.2 Å². The first-order valence-corrected chi connectivity index (χ1v) is 7.62. The molecule has 1 N–H and O–H groups in total. The van der Waals surface area contributed by atoms with Crippen LogP contribution in [0.5, 0.6) is 0 Å². The van der Waals surface area contributed by atoms with Crippen LogP contribution in [0.3, 0.4) is 0 Å². The van der Waals surface area contributed by atoms with Gasteiger partial charge in [0.05, 0.1) is 12.2 Å². The van der Waals surface area contributed by atoms with E-state index in [2.05, 4.69) is 53.0 Å². The molecule has 1 saturated carbocycles. The van der Waals surface area contributed by atoms with Crippen molar-refractivity contribution in [1.29, 1.82) is 0 Å². The van der Waals surface area contributed by atoms with Gasteiger partial charge in [-0.25, -0.2) is 4.98 Å². The molecule has 2 aromatic rings. The summed E-state index contributed by atoms with van der Waals surface area (Å²) in [6.45, 7) is 1.80. The molecule has 0 amide bonds. The first-order chi connectivity index (χ1) is 9.31. The molecule has 0 saturated heterocycles. The number of hydrogen-bond acceptors (Lipinski definition) is 4. The summed E-state index contributed by atoms with van der Waals surface area (Å²) >= 11 is 1.79. The van der Waals surface area contributed by atoms with Crippen molar-refractivity contribution in [3.05, 3.63) is 46.3 Å². The van der Waals surface area contributed by atoms with Gasteiger partial charge in [-0.15, -0.1) is 11.3 Å². The van der Waals surface area contributed by atoms with Crippen LogP contribution < -0.4 is 10.2 Å². The predicted molar refractivity (Wildman–Crippen MR) is 80.5 cm³/mol. The number of rotatable bonds is 6. The molecule has 0 unspecified atom stereocenters. The maximum atomic E-state index is 4.72. The van der Waals surface area contributed by atoms with Crippen LogP contribution in [0.2, 0.25) is 0 Å². The monoisotopic (exact) mass is 273 g/mol. The van der Waals surface area contributed by atoms with Crippen LogP contribution in [0.1, 0.15) is 23.4 Å². The lowest BCUT2D eigenvalue weighted by molar-refractivity contribution is 0.673. The van der Waals surface area contributed by atoms with Gasteiger partial charge in [0.15, 0.2) is 0 Å². The summed E-state index contributed by atoms with van der Waals surface area (Å²) in [5, 5.41) is 5.62. The maximum absolute atomic E-state index is 4.72. The second kappa shape index (κ2) is 5.72. The maximum Gasteiger partial charge on any atom is 0.128 e. The summed E-state index contributed by atoms with van der Waals surface area (Å²) in [6.07, 6.45) is 2.63. The highest BCUT2D eigenvalue weighted by atomic mass is 32.1. The molecule has 3 nitrogen and oxygen atoms in total. The molecule has 0 bridgehead atoms. The average Bonchev–Trinajstić information content (AvgIpc) is 3.13. The highest BCUT2D eigenvalue weighted by molar-refractivity contribution is 7.09. The van der Waals surface area contributed by atoms with Crippen LogP contribution in [-0.4, -0.2) is 18.1 Å². The predicted octanol–water partition coefficient (Wildman–Crippen LogP) is 3.03. The Kier molecular flexibility index (Phi) is 3.80. The smallest absolute Gasteiger partial charge is 0.128 e. The molecular weight excluding hydrogens is 254 g/mol. The quantitative estimate of drug-likeness (QED) is 0.877. The summed E-state index contributed by atoms with van der Waals surface area (Å²) in [7, 11) is 2.10. The second-order valence-electron chi connectivity index (χ2n) is 5.08. The van der Waals surface area contributed by atoms with Gasteiger partial charge in [-0.2, -0.15) is 0 Å². The van der Waals surface area contributed by atoms with Crippen molar-refractivity contribution in [3.8, 4) is 0 Å². The highest BCUT2D eigenvalue weighted by Crippen LogP contribution is 2.20. The summed E-state index contributed by atoms with van der Waals surface area (Å²) in [6, 6.07) is 11.3. The van der Waals surface area contributed by atoms with Gasteiger partial charge in [0, 0.05) is 24.5 Å². The van der Waals surface area contributed by atoms with Gasteiger partial charge in [-0.1, -0.05) is 12.1 Å². The number of aromatic nitrogens is 1. The molecular formula is C15H19N3S. The van der Waals surface area contributed by atoms with E-state index in [0.717, 1.165) is 30.6 Å². The minimum absolute atomic E-state index is 0.731. The molecule has 1 aliphatic carbocycles. The molecule has 0 radical (unpaired) electrons. The fourth-order valence-electron chi connectivity index (χ4n) is 2.03. The molecule has 1 aliphatic rings. The zero-order valence-corrected chi connectivity index (χ0v) is 12.0. The van der Waals surface area contributed by atoms with Crippen LogP contribution in [0.4, 0.5) is 5.82 Å². The molecule has 0 spiro atoms. The summed E-state index contributed by atoms with van der Waals surface area (Å²) in [5.74, 6) is 1.04. The van der Waals surface area contributed by atoms with Crippen LogP contribution >= 0.6 is 11.3 Å². The van der Waals surface area contributed by atoms with Crippen LogP contribution in [-0.2, 0) is 13.1 Å². The van der Waals surface area contributed by atoms with Gasteiger partial charge in [0.2, 0.25) is 0 Å². The number of hydrogen-bond donors (Lipinski definition) is 1. The van der Waals surface area contributed by atoms with Crippen molar-refractivity contribution < 1.29 is 0 Å². The number of nitrogens with one attached hydrogen (secondary N) is 1. The summed E-state index contributed by atoms with van der Waals surface area (Å²) < 4.78 is 0. The van der Waals surface area contributed by atoms with E-state index in [-0.39, 0.29) is 0 Å². The molecule has 0 atom stereocenters. The third-order valence-corrected chi connectivity index (χ3v) is 4.17. The Morgan fingerprint density at radius 3 is 2.95 bits per heavy atom. The first-order valence-electron chi connectivity index (χ1n) is 6.74. The first kappa shape index (κ1) is 12.6. The molecule has 0 aliphatic heterocycles. The average molecular weight is 273 g/mol. The van der Waals surface area contributed by atoms with Gasteiger partial charge in [-0.3, -0.25) is 0 Å². The van der Waals surface area contributed by atoms with Crippen molar-refractivity contribution in [3.63, 3.8) is 0 Å². The van der Waals surface area contributed by atoms with E-state index in [9.17, 15) is 0 Å². The van der Waals surface area contributed by atoms with Crippen LogP contribution in [0, 0.1) is 0 Å². The number of anilines is 1. The van der Waals surface area contributed by atoms with E-state index >= 15 is 0 Å². The topological polar surface area (TPSA) is 28.2 Å². The van der Waals surface area contributed by atoms with Crippen molar-refractivity contribution in [2.45, 2.75) is 32.0 Å². The van der Waals surface area contributed by atoms with E-state index in [1.165, 1.54) is 17.7 Å². The minimum atomic E-state index is 0.731. The summed E-state index contributed by atoms with van der Waals surface area (Å²) in [4.78, 5) is 8.29. The van der Waals surface area contributed by atoms with Crippen LogP contribution in [0.25, 0.3) is 0 Å². The Bertz CT molecular complexity index is 520. The lowest BCUT2D eigenvalue weighted by Gasteiger charge is -2.18. The zero-order valence-electron chi connectivity index (χ0n) is 11.2. The molecule has 100 valence electrons. The van der Waals surface area contributed by atoms with E-state index in [1.807, 2.05) is 0 Å². The van der Waals surface area contributed by atoms with Crippen molar-refractivity contribution >= 4 is 17.2 Å². The lowest BCUT2D eigenvalue weighted by Crippen LogP contribution is -2.20. The molecule has 4 heteroatoms. The highest BCUT2D eigenvalue weighted by Gasteiger charge is 2.20. The minimum Gasteiger partial charge on any atom is -0.355 e. The number of pyridine rings is 1. The Balaban J connectivity index is 1.63. The van der Waals surface area contributed by atoms with Crippen molar-refractivity contribution in [2.24, 2.45) is 0 Å². The Hall–Kier alpha value is -1.39. The van der Waals surface area contributed by atoms with Gasteiger partial charge >= 0.3 is 0 Å². The van der Waals surface area contributed by atoms with Crippen molar-refractivity contribution in [1.82, 2.24) is 10.3 Å². The molecule has 19 heavy (non-hydrogen) atoms. The Labute approximate surface area is 118 Å². The lowest BCUT2D eigenvalue weighted by atomic mass is 10.3. The summed E-state index contributed by atoms with van der Waals surface area (Å²) in [5.41, 5.74) is 1.13. The third kappa shape index (κ3) is 3.55. The fraction of sp³-hybridized carbons (Fsp3) is 0.400. The van der Waals surface area contributed by atoms with E-state index < -0.39 is 0 Å². The number of thiophene rings is 1. The zero-order chi connectivity index (χ0) is 13.1. The standard InChI is InChI=1S/C15H19N3S/c1-18(11-14-5-3-9-19-14)15-6-2-4-13(17-15)10-16-12-7-8-12/h2-6,9,12,16H,7-8,10-11H2,1H3. The van der Waals surface area contributed by atoms with Crippen molar-refractivity contribution in [2.75, 3.05) is 11.9 Å². The molecule has 2 heterocycles. The second-order valence-corrected chi connectivity index (χ2v) is 6.11. The van der Waals surface area contributed by atoms with E-state index in [4.69, 9.17) is 4.98 Å². The molecule has 2 aromatic heterocycles. The van der Waals surface area contributed by atoms with Gasteiger partial charge in [0.25, 0.3) is 0 Å². The van der Waals surface area contributed by atoms with E-state index in [1.54, 1.807) is 11.3 Å². The third-order valence-electron chi connectivity index (χ3n) is 3.31. The normalized spacial score (nSPS) is 14.6. The van der Waals surface area contributed by atoms with Gasteiger partial charge in [-0.05, 0) is 36.4 Å².